The summed E-state index contributed by atoms with van der Waals surface area (Å²) in [5, 5.41) is 3.98. The Morgan fingerprint density at radius 3 is 2.60 bits per heavy atom. The number of hydrogen-bond acceptors (Lipinski definition) is 5. The lowest BCUT2D eigenvalue weighted by Crippen LogP contribution is -2.31. The Morgan fingerprint density at radius 1 is 1.28 bits per heavy atom. The van der Waals surface area contributed by atoms with Gasteiger partial charge in [-0.15, -0.1) is 11.3 Å². The van der Waals surface area contributed by atoms with E-state index < -0.39 is 11.9 Å². The standard InChI is InChI=1S/C15H17F3N4O2S/c1-23-10-4-3-9(5-11(10)24-2)6-20-14(19)21-7-13-22-12(8-25-13)15(16,17)18/h3-5,8H,6-7H2,1-2H3,(H3,19,20,21). The van der Waals surface area contributed by atoms with Crippen LogP contribution in [0.15, 0.2) is 28.6 Å². The largest absolute Gasteiger partial charge is 0.493 e. The second-order valence-electron chi connectivity index (χ2n) is 4.87. The van der Waals surface area contributed by atoms with Gasteiger partial charge in [-0.05, 0) is 17.7 Å². The summed E-state index contributed by atoms with van der Waals surface area (Å²) in [4.78, 5) is 7.64. The molecule has 0 saturated carbocycles. The fourth-order valence-corrected chi connectivity index (χ4v) is 2.64. The molecule has 0 aliphatic rings. The molecule has 136 valence electrons. The molecule has 2 rings (SSSR count). The molecule has 6 nitrogen and oxygen atoms in total. The monoisotopic (exact) mass is 374 g/mol. The van der Waals surface area contributed by atoms with Crippen LogP contribution in [0.25, 0.3) is 0 Å². The van der Waals surface area contributed by atoms with Crippen molar-refractivity contribution in [2.75, 3.05) is 14.2 Å². The molecule has 2 aromatic rings. The number of methoxy groups -OCH3 is 2. The fourth-order valence-electron chi connectivity index (χ4n) is 1.90. The molecule has 1 aromatic heterocycles. The lowest BCUT2D eigenvalue weighted by molar-refractivity contribution is -0.140. The van der Waals surface area contributed by atoms with Crippen LogP contribution in [-0.2, 0) is 19.3 Å². The molecule has 1 heterocycles. The first-order chi connectivity index (χ1) is 11.8. The second kappa shape index (κ2) is 8.06. The molecule has 3 N–H and O–H groups in total. The topological polar surface area (TPSA) is 81.8 Å². The van der Waals surface area contributed by atoms with E-state index in [-0.39, 0.29) is 24.1 Å². The Bertz CT molecular complexity index is 747. The number of alkyl halides is 3. The third-order valence-electron chi connectivity index (χ3n) is 3.14. The molecule has 0 fully saturated rings. The molecule has 0 amide bonds. The molecule has 0 aliphatic heterocycles. The number of aromatic nitrogens is 1. The third-order valence-corrected chi connectivity index (χ3v) is 3.99. The zero-order valence-corrected chi connectivity index (χ0v) is 14.4. The minimum absolute atomic E-state index is 0.0714. The number of thiazole rings is 1. The first-order valence-electron chi connectivity index (χ1n) is 7.09. The van der Waals surface area contributed by atoms with E-state index in [0.29, 0.717) is 11.5 Å². The van der Waals surface area contributed by atoms with Crippen molar-refractivity contribution in [1.29, 1.82) is 0 Å². The number of nitrogens with two attached hydrogens (primary N) is 1. The van der Waals surface area contributed by atoms with Crippen LogP contribution in [0.1, 0.15) is 16.3 Å². The molecule has 0 spiro atoms. The lowest BCUT2D eigenvalue weighted by atomic mass is 10.2. The summed E-state index contributed by atoms with van der Waals surface area (Å²) in [5.74, 6) is 1.29. The van der Waals surface area contributed by atoms with E-state index in [9.17, 15) is 13.2 Å². The molecule has 0 unspecified atom stereocenters. The van der Waals surface area contributed by atoms with Gasteiger partial charge in [-0.1, -0.05) is 6.07 Å². The average molecular weight is 374 g/mol. The van der Waals surface area contributed by atoms with Crippen LogP contribution in [0.4, 0.5) is 13.2 Å². The van der Waals surface area contributed by atoms with Gasteiger partial charge < -0.3 is 20.5 Å². The molecular weight excluding hydrogens is 357 g/mol. The van der Waals surface area contributed by atoms with E-state index in [1.807, 2.05) is 6.07 Å². The first-order valence-corrected chi connectivity index (χ1v) is 7.97. The number of hydrogen-bond donors (Lipinski definition) is 2. The number of aliphatic imine (C=N–C) groups is 1. The Morgan fingerprint density at radius 2 is 2.00 bits per heavy atom. The molecule has 0 aliphatic carbocycles. The highest BCUT2D eigenvalue weighted by molar-refractivity contribution is 7.09. The van der Waals surface area contributed by atoms with Gasteiger partial charge in [0, 0.05) is 5.38 Å². The minimum atomic E-state index is -4.44. The summed E-state index contributed by atoms with van der Waals surface area (Å²) in [6, 6.07) is 5.34. The van der Waals surface area contributed by atoms with Gasteiger partial charge >= 0.3 is 6.18 Å². The Balaban J connectivity index is 1.92. The van der Waals surface area contributed by atoms with Crippen LogP contribution in [0.5, 0.6) is 11.5 Å². The van der Waals surface area contributed by atoms with Crippen molar-refractivity contribution in [3.05, 3.63) is 39.8 Å². The van der Waals surface area contributed by atoms with E-state index in [2.05, 4.69) is 15.3 Å². The molecule has 0 saturated heterocycles. The van der Waals surface area contributed by atoms with Crippen LogP contribution in [0, 0.1) is 0 Å². The normalized spacial score (nSPS) is 12.1. The minimum Gasteiger partial charge on any atom is -0.493 e. The predicted octanol–water partition coefficient (Wildman–Crippen LogP) is 2.78. The van der Waals surface area contributed by atoms with Gasteiger partial charge in [0.15, 0.2) is 23.2 Å². The summed E-state index contributed by atoms with van der Waals surface area (Å²) in [5.41, 5.74) is 5.66. The Kier molecular flexibility index (Phi) is 6.07. The predicted molar refractivity (Wildman–Crippen MR) is 88.8 cm³/mol. The summed E-state index contributed by atoms with van der Waals surface area (Å²) in [7, 11) is 3.07. The van der Waals surface area contributed by atoms with E-state index in [1.165, 1.54) is 7.11 Å². The number of benzene rings is 1. The summed E-state index contributed by atoms with van der Waals surface area (Å²) in [6.07, 6.45) is -4.44. The van der Waals surface area contributed by atoms with Crippen molar-refractivity contribution in [2.45, 2.75) is 19.3 Å². The molecule has 0 bridgehead atoms. The van der Waals surface area contributed by atoms with Gasteiger partial charge in [0.1, 0.15) is 5.01 Å². The van der Waals surface area contributed by atoms with Crippen molar-refractivity contribution >= 4 is 17.3 Å². The van der Waals surface area contributed by atoms with Crippen molar-refractivity contribution in [3.63, 3.8) is 0 Å². The molecule has 10 heteroatoms. The first kappa shape index (κ1) is 18.8. The smallest absolute Gasteiger partial charge is 0.434 e. The molecule has 1 aromatic carbocycles. The lowest BCUT2D eigenvalue weighted by Gasteiger charge is -2.09. The van der Waals surface area contributed by atoms with Crippen molar-refractivity contribution in [1.82, 2.24) is 10.3 Å². The SMILES string of the molecule is COc1ccc(CN=C(N)NCc2nc(C(F)(F)F)cs2)cc1OC. The van der Waals surface area contributed by atoms with Crippen LogP contribution in [0.2, 0.25) is 0 Å². The highest BCUT2D eigenvalue weighted by atomic mass is 32.1. The van der Waals surface area contributed by atoms with Crippen LogP contribution in [0.3, 0.4) is 0 Å². The quantitative estimate of drug-likeness (QED) is 0.600. The maximum absolute atomic E-state index is 12.5. The van der Waals surface area contributed by atoms with E-state index in [1.54, 1.807) is 19.2 Å². The zero-order chi connectivity index (χ0) is 18.4. The van der Waals surface area contributed by atoms with Gasteiger partial charge in [0.05, 0.1) is 27.3 Å². The summed E-state index contributed by atoms with van der Waals surface area (Å²) >= 11 is 0.907. The maximum Gasteiger partial charge on any atom is 0.434 e. The summed E-state index contributed by atoms with van der Waals surface area (Å²) < 4.78 is 47.8. The summed E-state index contributed by atoms with van der Waals surface area (Å²) in [6.45, 7) is 0.354. The Hall–Kier alpha value is -2.49. The van der Waals surface area contributed by atoms with Gasteiger partial charge in [-0.25, -0.2) is 9.98 Å². The van der Waals surface area contributed by atoms with E-state index in [4.69, 9.17) is 15.2 Å². The molecule has 0 atom stereocenters. The number of nitrogens with zero attached hydrogens (tertiary/aromatic N) is 2. The highest BCUT2D eigenvalue weighted by Gasteiger charge is 2.33. The zero-order valence-electron chi connectivity index (χ0n) is 13.6. The van der Waals surface area contributed by atoms with Gasteiger partial charge in [0.2, 0.25) is 0 Å². The molecule has 0 radical (unpaired) electrons. The fraction of sp³-hybridized carbons (Fsp3) is 0.333. The number of nitrogens with one attached hydrogen (secondary N) is 1. The van der Waals surface area contributed by atoms with Gasteiger partial charge in [0.25, 0.3) is 0 Å². The van der Waals surface area contributed by atoms with Crippen molar-refractivity contribution in [2.24, 2.45) is 10.7 Å². The number of guanidine groups is 1. The van der Waals surface area contributed by atoms with Crippen molar-refractivity contribution in [3.8, 4) is 11.5 Å². The number of ether oxygens (including phenoxy) is 2. The Labute approximate surface area is 146 Å². The third kappa shape index (κ3) is 5.24. The van der Waals surface area contributed by atoms with E-state index >= 15 is 0 Å². The highest BCUT2D eigenvalue weighted by Crippen LogP contribution is 2.30. The number of halogens is 3. The van der Waals surface area contributed by atoms with E-state index in [0.717, 1.165) is 22.3 Å². The molecular formula is C15H17F3N4O2S. The van der Waals surface area contributed by atoms with Crippen molar-refractivity contribution < 1.29 is 22.6 Å². The van der Waals surface area contributed by atoms with Crippen LogP contribution >= 0.6 is 11.3 Å². The second-order valence-corrected chi connectivity index (χ2v) is 5.81. The van der Waals surface area contributed by atoms with Crippen LogP contribution in [-0.4, -0.2) is 25.2 Å². The number of rotatable bonds is 6. The van der Waals surface area contributed by atoms with Crippen LogP contribution < -0.4 is 20.5 Å². The molecule has 25 heavy (non-hydrogen) atoms. The van der Waals surface area contributed by atoms with Gasteiger partial charge in [-0.2, -0.15) is 13.2 Å². The average Bonchev–Trinajstić information content (AvgIpc) is 3.07. The maximum atomic E-state index is 12.5. The van der Waals surface area contributed by atoms with Gasteiger partial charge in [-0.3, -0.25) is 0 Å².